The monoisotopic (exact) mass is 171 g/mol. The summed E-state index contributed by atoms with van der Waals surface area (Å²) in [4.78, 5) is 13.7. The van der Waals surface area contributed by atoms with Crippen LogP contribution in [0.5, 0.6) is 0 Å². The normalized spacial score (nSPS) is 13.9. The molecule has 1 unspecified atom stereocenters. The highest BCUT2D eigenvalue weighted by molar-refractivity contribution is 5.85. The van der Waals surface area contributed by atoms with E-state index < -0.39 is 0 Å². The number of likely N-dealkylation sites (N-methyl/N-ethyl adjacent to an activating group) is 1. The SMILES string of the molecule is CCN(CC)C(C)C(=O)C(C)C. The van der Waals surface area contributed by atoms with Crippen molar-refractivity contribution < 1.29 is 4.79 Å². The summed E-state index contributed by atoms with van der Waals surface area (Å²) >= 11 is 0. The van der Waals surface area contributed by atoms with Crippen molar-refractivity contribution >= 4 is 5.78 Å². The molecule has 0 radical (unpaired) electrons. The summed E-state index contributed by atoms with van der Waals surface area (Å²) in [5, 5.41) is 0. The Labute approximate surface area is 75.9 Å². The van der Waals surface area contributed by atoms with Crippen LogP contribution in [0.25, 0.3) is 0 Å². The molecule has 0 aliphatic rings. The van der Waals surface area contributed by atoms with Crippen molar-refractivity contribution in [3.8, 4) is 0 Å². The lowest BCUT2D eigenvalue weighted by Crippen LogP contribution is -2.40. The zero-order valence-electron chi connectivity index (χ0n) is 8.92. The molecule has 0 heterocycles. The van der Waals surface area contributed by atoms with Crippen LogP contribution in [0.3, 0.4) is 0 Å². The molecule has 0 aliphatic carbocycles. The first-order valence-corrected chi connectivity index (χ1v) is 4.82. The Morgan fingerprint density at radius 1 is 1.17 bits per heavy atom. The van der Waals surface area contributed by atoms with E-state index in [9.17, 15) is 4.79 Å². The minimum absolute atomic E-state index is 0.0833. The quantitative estimate of drug-likeness (QED) is 0.630. The molecule has 2 heteroatoms. The smallest absolute Gasteiger partial charge is 0.152 e. The Hall–Kier alpha value is -0.370. The van der Waals surface area contributed by atoms with E-state index in [2.05, 4.69) is 18.7 Å². The van der Waals surface area contributed by atoms with Gasteiger partial charge in [0.1, 0.15) is 0 Å². The molecule has 0 bridgehead atoms. The Morgan fingerprint density at radius 3 is 1.83 bits per heavy atom. The lowest BCUT2D eigenvalue weighted by molar-refractivity contribution is -0.126. The second-order valence-corrected chi connectivity index (χ2v) is 3.45. The summed E-state index contributed by atoms with van der Waals surface area (Å²) < 4.78 is 0. The van der Waals surface area contributed by atoms with Crippen LogP contribution in [0.15, 0.2) is 0 Å². The van der Waals surface area contributed by atoms with Crippen LogP contribution < -0.4 is 0 Å². The summed E-state index contributed by atoms with van der Waals surface area (Å²) in [5.41, 5.74) is 0. The number of hydrogen-bond acceptors (Lipinski definition) is 2. The minimum Gasteiger partial charge on any atom is -0.298 e. The first-order chi connectivity index (χ1) is 5.54. The van der Waals surface area contributed by atoms with Crippen molar-refractivity contribution in [2.75, 3.05) is 13.1 Å². The van der Waals surface area contributed by atoms with Crippen LogP contribution in [0, 0.1) is 5.92 Å². The lowest BCUT2D eigenvalue weighted by Gasteiger charge is -2.26. The maximum absolute atomic E-state index is 11.6. The molecule has 12 heavy (non-hydrogen) atoms. The molecule has 0 N–H and O–H groups in total. The standard InChI is InChI=1S/C10H21NO/c1-6-11(7-2)9(5)10(12)8(3)4/h8-9H,6-7H2,1-5H3. The van der Waals surface area contributed by atoms with E-state index in [-0.39, 0.29) is 12.0 Å². The summed E-state index contributed by atoms with van der Waals surface area (Å²) in [6.45, 7) is 12.0. The van der Waals surface area contributed by atoms with E-state index >= 15 is 0 Å². The highest BCUT2D eigenvalue weighted by Crippen LogP contribution is 2.06. The van der Waals surface area contributed by atoms with Crippen LogP contribution in [0.1, 0.15) is 34.6 Å². The third kappa shape index (κ3) is 2.94. The number of ketones is 1. The van der Waals surface area contributed by atoms with E-state index in [4.69, 9.17) is 0 Å². The molecule has 1 atom stereocenters. The van der Waals surface area contributed by atoms with Gasteiger partial charge in [0, 0.05) is 5.92 Å². The van der Waals surface area contributed by atoms with Crippen molar-refractivity contribution in [1.82, 2.24) is 4.90 Å². The molecule has 0 spiro atoms. The maximum Gasteiger partial charge on any atom is 0.152 e. The van der Waals surface area contributed by atoms with Gasteiger partial charge in [0.15, 0.2) is 5.78 Å². The van der Waals surface area contributed by atoms with Crippen molar-refractivity contribution in [2.24, 2.45) is 5.92 Å². The minimum atomic E-state index is 0.0833. The molecular weight excluding hydrogens is 150 g/mol. The molecule has 0 saturated heterocycles. The molecule has 0 saturated carbocycles. The van der Waals surface area contributed by atoms with Crippen molar-refractivity contribution in [3.63, 3.8) is 0 Å². The van der Waals surface area contributed by atoms with E-state index in [0.29, 0.717) is 5.78 Å². The van der Waals surface area contributed by atoms with Gasteiger partial charge in [-0.05, 0) is 20.0 Å². The van der Waals surface area contributed by atoms with Gasteiger partial charge >= 0.3 is 0 Å². The fourth-order valence-electron chi connectivity index (χ4n) is 1.43. The average molecular weight is 171 g/mol. The van der Waals surface area contributed by atoms with Crippen LogP contribution in [-0.2, 0) is 4.79 Å². The third-order valence-electron chi connectivity index (χ3n) is 2.34. The summed E-state index contributed by atoms with van der Waals surface area (Å²) in [5.74, 6) is 0.499. The molecule has 0 aromatic rings. The summed E-state index contributed by atoms with van der Waals surface area (Å²) in [7, 11) is 0. The van der Waals surface area contributed by atoms with Gasteiger partial charge in [-0.15, -0.1) is 0 Å². The Morgan fingerprint density at radius 2 is 1.58 bits per heavy atom. The largest absolute Gasteiger partial charge is 0.298 e. The highest BCUT2D eigenvalue weighted by atomic mass is 16.1. The van der Waals surface area contributed by atoms with E-state index in [1.54, 1.807) is 0 Å². The number of rotatable bonds is 5. The van der Waals surface area contributed by atoms with Crippen LogP contribution >= 0.6 is 0 Å². The molecule has 2 nitrogen and oxygen atoms in total. The molecule has 0 aliphatic heterocycles. The van der Waals surface area contributed by atoms with E-state index in [1.807, 2.05) is 20.8 Å². The van der Waals surface area contributed by atoms with Crippen molar-refractivity contribution in [2.45, 2.75) is 40.7 Å². The number of carbonyl (C=O) groups is 1. The van der Waals surface area contributed by atoms with Gasteiger partial charge in [0.2, 0.25) is 0 Å². The summed E-state index contributed by atoms with van der Waals surface area (Å²) in [6.07, 6.45) is 0. The fourth-order valence-corrected chi connectivity index (χ4v) is 1.43. The van der Waals surface area contributed by atoms with Crippen molar-refractivity contribution in [1.29, 1.82) is 0 Å². The molecular formula is C10H21NO. The third-order valence-corrected chi connectivity index (χ3v) is 2.34. The molecule has 0 aromatic carbocycles. The first kappa shape index (κ1) is 11.6. The number of nitrogens with zero attached hydrogens (tertiary/aromatic N) is 1. The Kier molecular flexibility index (Phi) is 5.14. The molecule has 0 fully saturated rings. The van der Waals surface area contributed by atoms with E-state index in [1.165, 1.54) is 0 Å². The lowest BCUT2D eigenvalue weighted by atomic mass is 10.0. The second-order valence-electron chi connectivity index (χ2n) is 3.45. The van der Waals surface area contributed by atoms with Gasteiger partial charge in [-0.25, -0.2) is 0 Å². The van der Waals surface area contributed by atoms with Crippen LogP contribution in [-0.4, -0.2) is 29.8 Å². The Bertz CT molecular complexity index is 139. The number of Topliss-reactive ketones (excluding diaryl/α,β-unsaturated/α-hetero) is 1. The molecule has 0 aromatic heterocycles. The maximum atomic E-state index is 11.6. The van der Waals surface area contributed by atoms with Crippen molar-refractivity contribution in [3.05, 3.63) is 0 Å². The fraction of sp³-hybridized carbons (Fsp3) is 0.900. The zero-order valence-corrected chi connectivity index (χ0v) is 8.92. The predicted molar refractivity (Wildman–Crippen MR) is 52.2 cm³/mol. The van der Waals surface area contributed by atoms with Gasteiger partial charge < -0.3 is 0 Å². The number of hydrogen-bond donors (Lipinski definition) is 0. The van der Waals surface area contributed by atoms with E-state index in [0.717, 1.165) is 13.1 Å². The molecule has 0 amide bonds. The zero-order chi connectivity index (χ0) is 9.72. The molecule has 72 valence electrons. The van der Waals surface area contributed by atoms with Crippen LogP contribution in [0.2, 0.25) is 0 Å². The van der Waals surface area contributed by atoms with Gasteiger partial charge in [0.05, 0.1) is 6.04 Å². The summed E-state index contributed by atoms with van der Waals surface area (Å²) in [6, 6.07) is 0.0833. The van der Waals surface area contributed by atoms with Gasteiger partial charge in [-0.3, -0.25) is 9.69 Å². The van der Waals surface area contributed by atoms with Gasteiger partial charge in [-0.1, -0.05) is 27.7 Å². The van der Waals surface area contributed by atoms with Gasteiger partial charge in [-0.2, -0.15) is 0 Å². The second kappa shape index (κ2) is 5.31. The Balaban J connectivity index is 4.15. The predicted octanol–water partition coefficient (Wildman–Crippen LogP) is 1.94. The molecule has 0 rings (SSSR count). The van der Waals surface area contributed by atoms with Crippen LogP contribution in [0.4, 0.5) is 0 Å². The average Bonchev–Trinajstić information content (AvgIpc) is 2.05. The highest BCUT2D eigenvalue weighted by Gasteiger charge is 2.20. The number of carbonyl (C=O) groups excluding carboxylic acids is 1. The van der Waals surface area contributed by atoms with Gasteiger partial charge in [0.25, 0.3) is 0 Å². The first-order valence-electron chi connectivity index (χ1n) is 4.82. The topological polar surface area (TPSA) is 20.3 Å².